The average Bonchev–Trinajstić information content (AvgIpc) is 2.02. The Bertz CT molecular complexity index is 115. The van der Waals surface area contributed by atoms with Crippen molar-refractivity contribution >= 4 is 6.29 Å². The lowest BCUT2D eigenvalue weighted by Crippen LogP contribution is -2.30. The minimum absolute atomic E-state index is 0.0381. The van der Waals surface area contributed by atoms with Gasteiger partial charge in [-0.1, -0.05) is 6.92 Å². The molecule has 0 amide bonds. The first-order valence-corrected chi connectivity index (χ1v) is 3.61. The maximum Gasteiger partial charge on any atom is 0.151 e. The Hall–Kier alpha value is -0.450. The number of aliphatic hydroxyl groups is 3. The molecular weight excluding hydrogens is 148 g/mol. The van der Waals surface area contributed by atoms with Gasteiger partial charge >= 0.3 is 0 Å². The lowest BCUT2D eigenvalue weighted by Gasteiger charge is -2.15. The van der Waals surface area contributed by atoms with Crippen LogP contribution in [0.2, 0.25) is 0 Å². The molecule has 0 radical (unpaired) electrons. The largest absolute Gasteiger partial charge is 0.393 e. The van der Waals surface area contributed by atoms with Crippen LogP contribution in [0.1, 0.15) is 19.8 Å². The Balaban J connectivity index is 3.66. The molecule has 0 aliphatic carbocycles. The molecule has 0 fully saturated rings. The van der Waals surface area contributed by atoms with E-state index in [1.54, 1.807) is 6.92 Å². The second-order valence-corrected chi connectivity index (χ2v) is 2.49. The topological polar surface area (TPSA) is 77.8 Å². The molecule has 3 atom stereocenters. The number of carbonyl (C=O) groups excluding carboxylic acids is 1. The first-order valence-electron chi connectivity index (χ1n) is 3.61. The summed E-state index contributed by atoms with van der Waals surface area (Å²) >= 11 is 0. The van der Waals surface area contributed by atoms with E-state index in [1.807, 2.05) is 0 Å². The molecule has 4 heteroatoms. The van der Waals surface area contributed by atoms with Crippen LogP contribution in [0.25, 0.3) is 0 Å². The third-order valence-corrected chi connectivity index (χ3v) is 1.52. The Morgan fingerprint density at radius 3 is 2.27 bits per heavy atom. The summed E-state index contributed by atoms with van der Waals surface area (Å²) in [7, 11) is 0. The minimum Gasteiger partial charge on any atom is -0.393 e. The number of aldehydes is 1. The number of carbonyl (C=O) groups is 1. The first-order chi connectivity index (χ1) is 5.11. The van der Waals surface area contributed by atoms with Crippen molar-refractivity contribution in [3.05, 3.63) is 0 Å². The van der Waals surface area contributed by atoms with E-state index in [9.17, 15) is 4.79 Å². The highest BCUT2D eigenvalue weighted by Crippen LogP contribution is 2.04. The van der Waals surface area contributed by atoms with E-state index < -0.39 is 18.3 Å². The third kappa shape index (κ3) is 4.08. The maximum atomic E-state index is 9.92. The smallest absolute Gasteiger partial charge is 0.151 e. The van der Waals surface area contributed by atoms with E-state index in [0.717, 1.165) is 0 Å². The zero-order valence-corrected chi connectivity index (χ0v) is 6.47. The second kappa shape index (κ2) is 5.23. The molecule has 0 rings (SSSR count). The van der Waals surface area contributed by atoms with Gasteiger partial charge in [0.05, 0.1) is 12.2 Å². The standard InChI is InChI=1S/C7H14O4/c1-2-5(9)3-6(10)7(11)4-8/h4-7,9-11H,2-3H2,1H3. The average molecular weight is 162 g/mol. The zero-order chi connectivity index (χ0) is 8.85. The summed E-state index contributed by atoms with van der Waals surface area (Å²) in [4.78, 5) is 9.92. The van der Waals surface area contributed by atoms with E-state index in [-0.39, 0.29) is 12.7 Å². The molecule has 0 spiro atoms. The SMILES string of the molecule is CCC(O)CC(O)C(O)C=O. The van der Waals surface area contributed by atoms with Crippen LogP contribution in [0.5, 0.6) is 0 Å². The fourth-order valence-electron chi connectivity index (χ4n) is 0.676. The number of hydrogen-bond acceptors (Lipinski definition) is 4. The molecule has 0 saturated heterocycles. The molecule has 0 heterocycles. The zero-order valence-electron chi connectivity index (χ0n) is 6.47. The summed E-state index contributed by atoms with van der Waals surface area (Å²) in [5.74, 6) is 0. The van der Waals surface area contributed by atoms with Crippen molar-refractivity contribution in [1.82, 2.24) is 0 Å². The molecule has 0 aromatic carbocycles. The van der Waals surface area contributed by atoms with E-state index in [1.165, 1.54) is 0 Å². The van der Waals surface area contributed by atoms with Crippen LogP contribution in [0.3, 0.4) is 0 Å². The van der Waals surface area contributed by atoms with Gasteiger partial charge in [0.1, 0.15) is 6.10 Å². The van der Waals surface area contributed by atoms with Crippen molar-refractivity contribution in [2.24, 2.45) is 0 Å². The van der Waals surface area contributed by atoms with Gasteiger partial charge in [-0.25, -0.2) is 0 Å². The molecule has 3 N–H and O–H groups in total. The van der Waals surface area contributed by atoms with Gasteiger partial charge in [-0.15, -0.1) is 0 Å². The number of hydrogen-bond donors (Lipinski definition) is 3. The van der Waals surface area contributed by atoms with E-state index in [4.69, 9.17) is 15.3 Å². The molecule has 0 bridgehead atoms. The van der Waals surface area contributed by atoms with Crippen molar-refractivity contribution in [2.75, 3.05) is 0 Å². The van der Waals surface area contributed by atoms with Crippen LogP contribution >= 0.6 is 0 Å². The van der Waals surface area contributed by atoms with Crippen molar-refractivity contribution in [1.29, 1.82) is 0 Å². The fourth-order valence-corrected chi connectivity index (χ4v) is 0.676. The van der Waals surface area contributed by atoms with E-state index in [2.05, 4.69) is 0 Å². The Morgan fingerprint density at radius 2 is 1.91 bits per heavy atom. The molecule has 11 heavy (non-hydrogen) atoms. The van der Waals surface area contributed by atoms with Crippen molar-refractivity contribution in [2.45, 2.75) is 38.1 Å². The summed E-state index contributed by atoms with van der Waals surface area (Å²) in [6, 6.07) is 0. The predicted octanol–water partition coefficient (Wildman–Crippen LogP) is -0.932. The normalized spacial score (nSPS) is 18.9. The molecule has 0 aromatic heterocycles. The summed E-state index contributed by atoms with van der Waals surface area (Å²) in [5, 5.41) is 26.7. The van der Waals surface area contributed by atoms with Crippen molar-refractivity contribution in [3.63, 3.8) is 0 Å². The van der Waals surface area contributed by atoms with E-state index >= 15 is 0 Å². The van der Waals surface area contributed by atoms with Gasteiger partial charge in [0, 0.05) is 6.42 Å². The molecule has 0 aliphatic heterocycles. The number of rotatable bonds is 5. The Morgan fingerprint density at radius 1 is 1.36 bits per heavy atom. The lowest BCUT2D eigenvalue weighted by atomic mass is 10.1. The molecule has 66 valence electrons. The van der Waals surface area contributed by atoms with Crippen LogP contribution in [-0.4, -0.2) is 39.9 Å². The van der Waals surface area contributed by atoms with Gasteiger partial charge < -0.3 is 20.1 Å². The second-order valence-electron chi connectivity index (χ2n) is 2.49. The number of aliphatic hydroxyl groups excluding tert-OH is 3. The van der Waals surface area contributed by atoms with Gasteiger partial charge in [-0.2, -0.15) is 0 Å². The highest BCUT2D eigenvalue weighted by Gasteiger charge is 2.17. The van der Waals surface area contributed by atoms with Gasteiger partial charge in [0.2, 0.25) is 0 Å². The van der Waals surface area contributed by atoms with Gasteiger partial charge in [0.25, 0.3) is 0 Å². The molecule has 3 unspecified atom stereocenters. The fraction of sp³-hybridized carbons (Fsp3) is 0.857. The summed E-state index contributed by atoms with van der Waals surface area (Å²) < 4.78 is 0. The molecular formula is C7H14O4. The Kier molecular flexibility index (Phi) is 5.02. The summed E-state index contributed by atoms with van der Waals surface area (Å²) in [6.45, 7) is 1.75. The highest BCUT2D eigenvalue weighted by molar-refractivity contribution is 5.56. The van der Waals surface area contributed by atoms with Crippen molar-refractivity contribution < 1.29 is 20.1 Å². The van der Waals surface area contributed by atoms with Gasteiger partial charge in [-0.05, 0) is 6.42 Å². The predicted molar refractivity (Wildman–Crippen MR) is 39.0 cm³/mol. The molecule has 0 aromatic rings. The van der Waals surface area contributed by atoms with Crippen LogP contribution in [0.15, 0.2) is 0 Å². The lowest BCUT2D eigenvalue weighted by molar-refractivity contribution is -0.121. The van der Waals surface area contributed by atoms with Crippen LogP contribution in [0.4, 0.5) is 0 Å². The van der Waals surface area contributed by atoms with Crippen LogP contribution < -0.4 is 0 Å². The summed E-state index contributed by atoms with van der Waals surface area (Å²) in [5.41, 5.74) is 0. The maximum absolute atomic E-state index is 9.92. The van der Waals surface area contributed by atoms with E-state index in [0.29, 0.717) is 6.42 Å². The van der Waals surface area contributed by atoms with Crippen LogP contribution in [0, 0.1) is 0 Å². The first kappa shape index (κ1) is 10.6. The molecule has 0 aliphatic rings. The monoisotopic (exact) mass is 162 g/mol. The molecule has 0 saturated carbocycles. The van der Waals surface area contributed by atoms with Gasteiger partial charge in [-0.3, -0.25) is 0 Å². The van der Waals surface area contributed by atoms with Crippen molar-refractivity contribution in [3.8, 4) is 0 Å². The van der Waals surface area contributed by atoms with Gasteiger partial charge in [0.15, 0.2) is 6.29 Å². The summed E-state index contributed by atoms with van der Waals surface area (Å²) in [6.07, 6.45) is -2.38. The third-order valence-electron chi connectivity index (χ3n) is 1.52. The molecule has 4 nitrogen and oxygen atoms in total. The Labute approximate surface area is 65.5 Å². The minimum atomic E-state index is -1.38. The quantitative estimate of drug-likeness (QED) is 0.456. The highest BCUT2D eigenvalue weighted by atomic mass is 16.3. The van der Waals surface area contributed by atoms with Crippen LogP contribution in [-0.2, 0) is 4.79 Å².